The summed E-state index contributed by atoms with van der Waals surface area (Å²) < 4.78 is 7.14. The van der Waals surface area contributed by atoms with E-state index in [4.69, 9.17) is 16.1 Å². The minimum atomic E-state index is 0.646. The first kappa shape index (κ1) is 9.48. The van der Waals surface area contributed by atoms with Crippen LogP contribution in [0.1, 0.15) is 5.76 Å². The molecule has 0 aliphatic carbocycles. The monoisotopic (exact) mass is 232 g/mol. The quantitative estimate of drug-likeness (QED) is 0.679. The number of aromatic nitrogens is 2. The van der Waals surface area contributed by atoms with Crippen molar-refractivity contribution in [2.45, 2.75) is 6.54 Å². The molecule has 0 aliphatic heterocycles. The molecule has 0 spiro atoms. The van der Waals surface area contributed by atoms with E-state index in [0.717, 1.165) is 21.7 Å². The van der Waals surface area contributed by atoms with E-state index in [1.165, 1.54) is 0 Å². The van der Waals surface area contributed by atoms with Crippen LogP contribution in [0.2, 0.25) is 5.02 Å². The summed E-state index contributed by atoms with van der Waals surface area (Å²) in [4.78, 5) is 0. The predicted molar refractivity (Wildman–Crippen MR) is 62.6 cm³/mol. The van der Waals surface area contributed by atoms with Crippen LogP contribution in [0.5, 0.6) is 0 Å². The molecule has 3 nitrogen and oxygen atoms in total. The zero-order valence-corrected chi connectivity index (χ0v) is 9.19. The summed E-state index contributed by atoms with van der Waals surface area (Å²) in [5, 5.41) is 5.57. The highest BCUT2D eigenvalue weighted by atomic mass is 35.5. The molecule has 16 heavy (non-hydrogen) atoms. The molecular formula is C12H9ClN2O. The molecule has 0 unspecified atom stereocenters. The van der Waals surface area contributed by atoms with Gasteiger partial charge in [-0.05, 0) is 12.1 Å². The van der Waals surface area contributed by atoms with Crippen LogP contribution in [0, 0.1) is 0 Å². The smallest absolute Gasteiger partial charge is 0.156 e. The maximum Gasteiger partial charge on any atom is 0.156 e. The van der Waals surface area contributed by atoms with Crippen LogP contribution in [-0.2, 0) is 6.54 Å². The van der Waals surface area contributed by atoms with Gasteiger partial charge >= 0.3 is 0 Å². The molecular weight excluding hydrogens is 224 g/mol. The predicted octanol–water partition coefficient (Wildman–Crippen LogP) is 3.33. The molecule has 0 radical (unpaired) electrons. The van der Waals surface area contributed by atoms with Gasteiger partial charge in [0, 0.05) is 17.6 Å². The maximum atomic E-state index is 6.18. The van der Waals surface area contributed by atoms with Gasteiger partial charge in [0.1, 0.15) is 0 Å². The van der Waals surface area contributed by atoms with E-state index in [1.54, 1.807) is 6.20 Å². The lowest BCUT2D eigenvalue weighted by Crippen LogP contribution is -1.96. The van der Waals surface area contributed by atoms with Gasteiger partial charge in [0.2, 0.25) is 0 Å². The summed E-state index contributed by atoms with van der Waals surface area (Å²) in [5.74, 6) is 0.817. The van der Waals surface area contributed by atoms with Gasteiger partial charge in [0.25, 0.3) is 0 Å². The van der Waals surface area contributed by atoms with Crippen LogP contribution in [0.25, 0.3) is 10.9 Å². The second kappa shape index (κ2) is 3.68. The summed E-state index contributed by atoms with van der Waals surface area (Å²) >= 11 is 6.18. The lowest BCUT2D eigenvalue weighted by molar-refractivity contribution is 0.378. The van der Waals surface area contributed by atoms with Gasteiger partial charge in [-0.15, -0.1) is 0 Å². The van der Waals surface area contributed by atoms with Crippen LogP contribution < -0.4 is 0 Å². The Morgan fingerprint density at radius 1 is 1.25 bits per heavy atom. The molecule has 0 bridgehead atoms. The Hall–Kier alpha value is -1.74. The van der Waals surface area contributed by atoms with Gasteiger partial charge in [-0.2, -0.15) is 0 Å². The topological polar surface area (TPSA) is 31.0 Å². The molecule has 2 heterocycles. The molecule has 0 fully saturated rings. The molecule has 0 N–H and O–H groups in total. The third-order valence-electron chi connectivity index (χ3n) is 2.56. The Labute approximate surface area is 97.2 Å². The van der Waals surface area contributed by atoms with E-state index in [-0.39, 0.29) is 0 Å². The van der Waals surface area contributed by atoms with Crippen molar-refractivity contribution in [1.29, 1.82) is 0 Å². The van der Waals surface area contributed by atoms with Gasteiger partial charge in [-0.3, -0.25) is 0 Å². The van der Waals surface area contributed by atoms with Gasteiger partial charge in [-0.25, -0.2) is 0 Å². The number of halogens is 1. The third-order valence-corrected chi connectivity index (χ3v) is 2.86. The third kappa shape index (κ3) is 1.49. The Morgan fingerprint density at radius 3 is 3.00 bits per heavy atom. The number of hydrogen-bond donors (Lipinski definition) is 0. The highest BCUT2D eigenvalue weighted by molar-refractivity contribution is 6.35. The Morgan fingerprint density at radius 2 is 2.19 bits per heavy atom. The average molecular weight is 233 g/mol. The second-order valence-electron chi connectivity index (χ2n) is 3.60. The van der Waals surface area contributed by atoms with Gasteiger partial charge < -0.3 is 9.09 Å². The first-order valence-electron chi connectivity index (χ1n) is 4.97. The molecule has 0 amide bonds. The number of nitrogens with zero attached hydrogens (tertiary/aromatic N) is 2. The SMILES string of the molecule is Clc1cccc2ccn(Cc3ccno3)c12. The van der Waals surface area contributed by atoms with Crippen LogP contribution in [0.4, 0.5) is 0 Å². The molecule has 2 aromatic heterocycles. The maximum absolute atomic E-state index is 6.18. The highest BCUT2D eigenvalue weighted by Crippen LogP contribution is 2.24. The van der Waals surface area contributed by atoms with Crippen molar-refractivity contribution < 1.29 is 4.52 Å². The number of rotatable bonds is 2. The summed E-state index contributed by atoms with van der Waals surface area (Å²) in [5.41, 5.74) is 1.03. The highest BCUT2D eigenvalue weighted by Gasteiger charge is 2.06. The zero-order valence-electron chi connectivity index (χ0n) is 8.43. The van der Waals surface area contributed by atoms with Crippen molar-refractivity contribution >= 4 is 22.5 Å². The van der Waals surface area contributed by atoms with Gasteiger partial charge in [-0.1, -0.05) is 28.9 Å². The van der Waals surface area contributed by atoms with E-state index in [9.17, 15) is 0 Å². The number of benzene rings is 1. The minimum absolute atomic E-state index is 0.646. The number of para-hydroxylation sites is 1. The Balaban J connectivity index is 2.10. The normalized spacial score (nSPS) is 11.1. The van der Waals surface area contributed by atoms with E-state index in [2.05, 4.69) is 9.72 Å². The molecule has 3 rings (SSSR count). The molecule has 0 saturated heterocycles. The summed E-state index contributed by atoms with van der Waals surface area (Å²) in [7, 11) is 0. The van der Waals surface area contributed by atoms with Crippen molar-refractivity contribution in [3.05, 3.63) is 53.5 Å². The van der Waals surface area contributed by atoms with Gasteiger partial charge in [0.15, 0.2) is 5.76 Å². The standard InChI is InChI=1S/C12H9ClN2O/c13-11-3-1-2-9-5-7-15(12(9)11)8-10-4-6-14-16-10/h1-7H,8H2. The molecule has 0 aliphatic rings. The van der Waals surface area contributed by atoms with Crippen LogP contribution in [-0.4, -0.2) is 9.72 Å². The van der Waals surface area contributed by atoms with Gasteiger partial charge in [0.05, 0.1) is 23.3 Å². The van der Waals surface area contributed by atoms with Crippen molar-refractivity contribution in [1.82, 2.24) is 9.72 Å². The first-order chi connectivity index (χ1) is 7.84. The Bertz CT molecular complexity index is 613. The average Bonchev–Trinajstić information content (AvgIpc) is 2.90. The molecule has 4 heteroatoms. The van der Waals surface area contributed by atoms with Crippen molar-refractivity contribution in [3.63, 3.8) is 0 Å². The van der Waals surface area contributed by atoms with Crippen LogP contribution in [0.3, 0.4) is 0 Å². The number of fused-ring (bicyclic) bond motifs is 1. The molecule has 80 valence electrons. The summed E-state index contributed by atoms with van der Waals surface area (Å²) in [6.45, 7) is 0.646. The van der Waals surface area contributed by atoms with E-state index >= 15 is 0 Å². The Kier molecular flexibility index (Phi) is 2.18. The van der Waals surface area contributed by atoms with E-state index < -0.39 is 0 Å². The fraction of sp³-hybridized carbons (Fsp3) is 0.0833. The molecule has 0 saturated carbocycles. The summed E-state index contributed by atoms with van der Waals surface area (Å²) in [6, 6.07) is 9.77. The van der Waals surface area contributed by atoms with Crippen molar-refractivity contribution in [3.8, 4) is 0 Å². The van der Waals surface area contributed by atoms with Crippen molar-refractivity contribution in [2.75, 3.05) is 0 Å². The fourth-order valence-electron chi connectivity index (χ4n) is 1.84. The van der Waals surface area contributed by atoms with Crippen molar-refractivity contribution in [2.24, 2.45) is 0 Å². The summed E-state index contributed by atoms with van der Waals surface area (Å²) in [6.07, 6.45) is 3.64. The fourth-order valence-corrected chi connectivity index (χ4v) is 2.13. The van der Waals surface area contributed by atoms with Crippen LogP contribution in [0.15, 0.2) is 47.2 Å². The first-order valence-corrected chi connectivity index (χ1v) is 5.35. The lowest BCUT2D eigenvalue weighted by atomic mass is 10.2. The van der Waals surface area contributed by atoms with E-state index in [1.807, 2.05) is 36.5 Å². The molecule has 0 atom stereocenters. The largest absolute Gasteiger partial charge is 0.359 e. The second-order valence-corrected chi connectivity index (χ2v) is 4.01. The molecule has 1 aromatic carbocycles. The molecule has 3 aromatic rings. The number of hydrogen-bond acceptors (Lipinski definition) is 2. The zero-order chi connectivity index (χ0) is 11.0. The minimum Gasteiger partial charge on any atom is -0.359 e. The van der Waals surface area contributed by atoms with E-state index in [0.29, 0.717) is 6.54 Å². The van der Waals surface area contributed by atoms with Crippen LogP contribution >= 0.6 is 11.6 Å². The lowest BCUT2D eigenvalue weighted by Gasteiger charge is -2.03.